The lowest BCUT2D eigenvalue weighted by Gasteiger charge is -2.01. The van der Waals surface area contributed by atoms with Gasteiger partial charge in [0.2, 0.25) is 0 Å². The molecule has 2 N–H and O–H groups in total. The van der Waals surface area contributed by atoms with Gasteiger partial charge >= 0.3 is 5.97 Å². The van der Waals surface area contributed by atoms with Gasteiger partial charge in [0.25, 0.3) is 0 Å². The minimum absolute atomic E-state index is 0.0698. The number of nitrogens with zero attached hydrogens (tertiary/aromatic N) is 3. The number of nitrogens with one attached hydrogen (secondary N) is 1. The van der Waals surface area contributed by atoms with Crippen LogP contribution in [0.2, 0.25) is 0 Å². The third-order valence-electron chi connectivity index (χ3n) is 2.49. The fourth-order valence-electron chi connectivity index (χ4n) is 1.34. The summed E-state index contributed by atoms with van der Waals surface area (Å²) in [7, 11) is 1.88. The molecule has 90 valence electrons. The second-order valence-electron chi connectivity index (χ2n) is 3.58. The lowest BCUT2D eigenvalue weighted by molar-refractivity contribution is 0.0691. The van der Waals surface area contributed by atoms with Gasteiger partial charge in [-0.2, -0.15) is 5.10 Å². The number of aromatic carboxylic acids is 1. The summed E-state index contributed by atoms with van der Waals surface area (Å²) in [5, 5.41) is 18.1. The predicted octanol–water partition coefficient (Wildman–Crippen LogP) is 1.50. The van der Waals surface area contributed by atoms with E-state index in [9.17, 15) is 4.79 Å². The van der Waals surface area contributed by atoms with Crippen molar-refractivity contribution < 1.29 is 9.90 Å². The molecule has 0 saturated carbocycles. The summed E-state index contributed by atoms with van der Waals surface area (Å²) in [6.45, 7) is 2.57. The highest BCUT2D eigenvalue weighted by Gasteiger charge is 2.09. The molecule has 0 aliphatic carbocycles. The number of anilines is 1. The van der Waals surface area contributed by atoms with Crippen LogP contribution in [0, 0.1) is 6.92 Å². The molecule has 0 saturated heterocycles. The van der Waals surface area contributed by atoms with Crippen molar-refractivity contribution in [3.63, 3.8) is 0 Å². The van der Waals surface area contributed by atoms with Gasteiger partial charge in [0, 0.05) is 30.2 Å². The van der Waals surface area contributed by atoms with Gasteiger partial charge in [0.1, 0.15) is 0 Å². The number of hydrogen-bond acceptors (Lipinski definition) is 5. The molecule has 2 aromatic heterocycles. The summed E-state index contributed by atoms with van der Waals surface area (Å²) in [6, 6.07) is 0. The van der Waals surface area contributed by atoms with Gasteiger partial charge in [-0.25, -0.2) is 9.78 Å². The SMILES string of the molecule is Cc1c(CNc2nc(C(=O)O)cs2)cnn1C. The van der Waals surface area contributed by atoms with E-state index in [-0.39, 0.29) is 5.69 Å². The summed E-state index contributed by atoms with van der Waals surface area (Å²) in [5.74, 6) is -1.01. The van der Waals surface area contributed by atoms with Gasteiger partial charge in [-0.15, -0.1) is 11.3 Å². The largest absolute Gasteiger partial charge is 0.476 e. The van der Waals surface area contributed by atoms with Crippen molar-refractivity contribution in [2.45, 2.75) is 13.5 Å². The van der Waals surface area contributed by atoms with Gasteiger partial charge in [-0.05, 0) is 6.92 Å². The predicted molar refractivity (Wildman–Crippen MR) is 64.3 cm³/mol. The zero-order chi connectivity index (χ0) is 12.4. The fourth-order valence-corrected chi connectivity index (χ4v) is 2.03. The van der Waals surface area contributed by atoms with E-state index in [2.05, 4.69) is 15.4 Å². The molecule has 2 rings (SSSR count). The molecular weight excluding hydrogens is 240 g/mol. The molecule has 17 heavy (non-hydrogen) atoms. The first-order valence-corrected chi connectivity index (χ1v) is 5.86. The molecule has 2 heterocycles. The first kappa shape index (κ1) is 11.6. The first-order valence-electron chi connectivity index (χ1n) is 4.98. The molecule has 7 heteroatoms. The highest BCUT2D eigenvalue weighted by molar-refractivity contribution is 7.13. The van der Waals surface area contributed by atoms with Gasteiger partial charge in [-0.1, -0.05) is 0 Å². The van der Waals surface area contributed by atoms with Crippen molar-refractivity contribution in [2.24, 2.45) is 7.05 Å². The highest BCUT2D eigenvalue weighted by Crippen LogP contribution is 2.17. The van der Waals surface area contributed by atoms with E-state index in [1.54, 1.807) is 10.9 Å². The molecule has 0 fully saturated rings. The van der Waals surface area contributed by atoms with E-state index >= 15 is 0 Å². The van der Waals surface area contributed by atoms with E-state index in [0.717, 1.165) is 11.3 Å². The molecule has 2 aromatic rings. The molecule has 0 radical (unpaired) electrons. The number of hydrogen-bond donors (Lipinski definition) is 2. The molecule has 0 aromatic carbocycles. The van der Waals surface area contributed by atoms with Crippen molar-refractivity contribution in [1.82, 2.24) is 14.8 Å². The molecular formula is C10H12N4O2S. The number of carboxylic acid groups (broad SMARTS) is 1. The second-order valence-corrected chi connectivity index (χ2v) is 4.43. The Morgan fingerprint density at radius 2 is 2.41 bits per heavy atom. The van der Waals surface area contributed by atoms with Gasteiger partial charge in [0.15, 0.2) is 10.8 Å². The third kappa shape index (κ3) is 2.44. The minimum Gasteiger partial charge on any atom is -0.476 e. The number of rotatable bonds is 4. The van der Waals surface area contributed by atoms with E-state index in [1.165, 1.54) is 16.7 Å². The molecule has 0 aliphatic heterocycles. The summed E-state index contributed by atoms with van der Waals surface area (Å²) in [6.07, 6.45) is 1.79. The van der Waals surface area contributed by atoms with Crippen LogP contribution in [0.3, 0.4) is 0 Å². The van der Waals surface area contributed by atoms with Crippen molar-refractivity contribution >= 4 is 22.4 Å². The van der Waals surface area contributed by atoms with Crippen molar-refractivity contribution in [2.75, 3.05) is 5.32 Å². The molecule has 0 atom stereocenters. The van der Waals surface area contributed by atoms with Gasteiger partial charge in [-0.3, -0.25) is 4.68 Å². The Morgan fingerprint density at radius 1 is 1.65 bits per heavy atom. The first-order chi connectivity index (χ1) is 8.08. The Labute approximate surface area is 102 Å². The molecule has 0 amide bonds. The van der Waals surface area contributed by atoms with Crippen molar-refractivity contribution in [3.05, 3.63) is 28.5 Å². The lowest BCUT2D eigenvalue weighted by Crippen LogP contribution is -2.02. The van der Waals surface area contributed by atoms with Crippen LogP contribution < -0.4 is 5.32 Å². The minimum atomic E-state index is -1.01. The van der Waals surface area contributed by atoms with Gasteiger partial charge in [0.05, 0.1) is 6.20 Å². The topological polar surface area (TPSA) is 80.0 Å². The molecule has 6 nitrogen and oxygen atoms in total. The summed E-state index contributed by atoms with van der Waals surface area (Å²) in [4.78, 5) is 14.6. The smallest absolute Gasteiger partial charge is 0.355 e. The third-order valence-corrected chi connectivity index (χ3v) is 3.29. The van der Waals surface area contributed by atoms with E-state index in [0.29, 0.717) is 11.7 Å². The zero-order valence-electron chi connectivity index (χ0n) is 9.47. The quantitative estimate of drug-likeness (QED) is 0.861. The number of carboxylic acids is 1. The summed E-state index contributed by atoms with van der Waals surface area (Å²) >= 11 is 1.28. The number of aromatic nitrogens is 3. The van der Waals surface area contributed by atoms with Crippen LogP contribution in [0.5, 0.6) is 0 Å². The summed E-state index contributed by atoms with van der Waals surface area (Å²) < 4.78 is 1.79. The standard InChI is InChI=1S/C10H12N4O2S/c1-6-7(4-12-14(6)2)3-11-10-13-8(5-17-10)9(15)16/h4-5H,3H2,1-2H3,(H,11,13)(H,15,16). The molecule has 0 bridgehead atoms. The molecule has 0 unspecified atom stereocenters. The lowest BCUT2D eigenvalue weighted by atomic mass is 10.2. The monoisotopic (exact) mass is 252 g/mol. The fraction of sp³-hybridized carbons (Fsp3) is 0.300. The van der Waals surface area contributed by atoms with E-state index in [4.69, 9.17) is 5.11 Å². The molecule has 0 spiro atoms. The van der Waals surface area contributed by atoms with Crippen LogP contribution in [-0.4, -0.2) is 25.8 Å². The summed E-state index contributed by atoms with van der Waals surface area (Å²) in [5.41, 5.74) is 2.22. The second kappa shape index (κ2) is 4.54. The highest BCUT2D eigenvalue weighted by atomic mass is 32.1. The van der Waals surface area contributed by atoms with Crippen LogP contribution in [0.4, 0.5) is 5.13 Å². The van der Waals surface area contributed by atoms with Crippen LogP contribution in [0.25, 0.3) is 0 Å². The van der Waals surface area contributed by atoms with Crippen LogP contribution >= 0.6 is 11.3 Å². The average Bonchev–Trinajstić information content (AvgIpc) is 2.86. The van der Waals surface area contributed by atoms with E-state index in [1.807, 2.05) is 14.0 Å². The van der Waals surface area contributed by atoms with Crippen LogP contribution in [0.1, 0.15) is 21.7 Å². The zero-order valence-corrected chi connectivity index (χ0v) is 10.3. The Morgan fingerprint density at radius 3 is 2.94 bits per heavy atom. The number of thiazole rings is 1. The Bertz CT molecular complexity index is 546. The average molecular weight is 252 g/mol. The Kier molecular flexibility index (Phi) is 3.10. The number of aryl methyl sites for hydroxylation is 1. The maximum Gasteiger partial charge on any atom is 0.355 e. The van der Waals surface area contributed by atoms with Gasteiger partial charge < -0.3 is 10.4 Å². The maximum absolute atomic E-state index is 10.6. The normalized spacial score (nSPS) is 10.5. The number of carbonyl (C=O) groups is 1. The van der Waals surface area contributed by atoms with Crippen molar-refractivity contribution in [1.29, 1.82) is 0 Å². The van der Waals surface area contributed by atoms with Crippen LogP contribution in [0.15, 0.2) is 11.6 Å². The Hall–Kier alpha value is -1.89. The van der Waals surface area contributed by atoms with Crippen molar-refractivity contribution in [3.8, 4) is 0 Å². The molecule has 0 aliphatic rings. The maximum atomic E-state index is 10.6. The Balaban J connectivity index is 2.02. The van der Waals surface area contributed by atoms with E-state index < -0.39 is 5.97 Å². The van der Waals surface area contributed by atoms with Crippen LogP contribution in [-0.2, 0) is 13.6 Å².